The summed E-state index contributed by atoms with van der Waals surface area (Å²) in [5.41, 5.74) is 7.69. The van der Waals surface area contributed by atoms with E-state index in [1.54, 1.807) is 0 Å². The predicted octanol–water partition coefficient (Wildman–Crippen LogP) is 2.73. The van der Waals surface area contributed by atoms with Crippen LogP contribution in [0.1, 0.15) is 31.2 Å². The zero-order valence-corrected chi connectivity index (χ0v) is 13.6. The fourth-order valence-corrected chi connectivity index (χ4v) is 4.16. The molecule has 1 aromatic carbocycles. The van der Waals surface area contributed by atoms with Gasteiger partial charge in [-0.25, -0.2) is 0 Å². The maximum Gasteiger partial charge on any atom is 0.0406 e. The smallest absolute Gasteiger partial charge is 0.0406 e. The molecule has 2 aliphatic rings. The Labute approximate surface area is 133 Å². The topological polar surface area (TPSA) is 32.5 Å². The number of hydrogen-bond donors (Lipinski definition) is 1. The summed E-state index contributed by atoms with van der Waals surface area (Å²) in [6, 6.07) is 8.93. The van der Waals surface area contributed by atoms with Crippen LogP contribution in [0, 0.1) is 0 Å². The Morgan fingerprint density at radius 3 is 2.81 bits per heavy atom. The maximum absolute atomic E-state index is 6.22. The largest absolute Gasteiger partial charge is 0.329 e. The van der Waals surface area contributed by atoms with Gasteiger partial charge in [-0.2, -0.15) is 0 Å². The minimum absolute atomic E-state index is 0.158. The van der Waals surface area contributed by atoms with Crippen molar-refractivity contribution in [1.29, 1.82) is 0 Å². The van der Waals surface area contributed by atoms with Crippen LogP contribution in [0.3, 0.4) is 0 Å². The van der Waals surface area contributed by atoms with E-state index in [-0.39, 0.29) is 5.54 Å². The first kappa shape index (κ1) is 15.3. The Balaban J connectivity index is 1.71. The highest BCUT2D eigenvalue weighted by Gasteiger charge is 2.42. The average molecular weight is 308 g/mol. The van der Waals surface area contributed by atoms with Crippen LogP contribution in [0.4, 0.5) is 0 Å². The molecule has 0 spiro atoms. The van der Waals surface area contributed by atoms with Gasteiger partial charge in [-0.3, -0.25) is 4.90 Å². The fourth-order valence-electron chi connectivity index (χ4n) is 4.03. The van der Waals surface area contributed by atoms with Gasteiger partial charge in [0.1, 0.15) is 0 Å². The Bertz CT molecular complexity index is 475. The standard InChI is InChI=1S/C17H26ClN3/c1-20(12-14-4-6-15(18)7-5-14)17(13-19)8-10-21-9-2-3-16(21)11-17/h4-7,16H,2-3,8-13,19H2,1H3. The first-order valence-electron chi connectivity index (χ1n) is 8.03. The summed E-state index contributed by atoms with van der Waals surface area (Å²) in [7, 11) is 2.23. The molecule has 0 saturated carbocycles. The minimum Gasteiger partial charge on any atom is -0.329 e. The summed E-state index contributed by atoms with van der Waals surface area (Å²) >= 11 is 5.97. The van der Waals surface area contributed by atoms with Gasteiger partial charge < -0.3 is 10.6 Å². The molecule has 3 nitrogen and oxygen atoms in total. The number of piperidine rings is 1. The van der Waals surface area contributed by atoms with Crippen LogP contribution in [0.15, 0.2) is 24.3 Å². The van der Waals surface area contributed by atoms with E-state index >= 15 is 0 Å². The molecule has 2 atom stereocenters. The summed E-state index contributed by atoms with van der Waals surface area (Å²) < 4.78 is 0. The van der Waals surface area contributed by atoms with Crippen molar-refractivity contribution >= 4 is 11.6 Å². The third kappa shape index (κ3) is 3.11. The van der Waals surface area contributed by atoms with Gasteiger partial charge in [0.2, 0.25) is 0 Å². The Morgan fingerprint density at radius 2 is 2.10 bits per heavy atom. The number of halogens is 1. The van der Waals surface area contributed by atoms with Gasteiger partial charge in [-0.15, -0.1) is 0 Å². The highest BCUT2D eigenvalue weighted by molar-refractivity contribution is 6.30. The normalized spacial score (nSPS) is 29.8. The molecule has 116 valence electrons. The van der Waals surface area contributed by atoms with Crippen molar-refractivity contribution in [2.75, 3.05) is 26.7 Å². The van der Waals surface area contributed by atoms with Gasteiger partial charge in [-0.1, -0.05) is 23.7 Å². The van der Waals surface area contributed by atoms with E-state index < -0.39 is 0 Å². The molecule has 0 aliphatic carbocycles. The Morgan fingerprint density at radius 1 is 1.33 bits per heavy atom. The predicted molar refractivity (Wildman–Crippen MR) is 88.5 cm³/mol. The van der Waals surface area contributed by atoms with Crippen molar-refractivity contribution in [3.05, 3.63) is 34.9 Å². The molecule has 4 heteroatoms. The highest BCUT2D eigenvalue weighted by atomic mass is 35.5. The molecule has 2 unspecified atom stereocenters. The lowest BCUT2D eigenvalue weighted by Crippen LogP contribution is -2.59. The number of rotatable bonds is 4. The summed E-state index contributed by atoms with van der Waals surface area (Å²) in [4.78, 5) is 5.13. The van der Waals surface area contributed by atoms with Crippen LogP contribution in [-0.4, -0.2) is 48.1 Å². The van der Waals surface area contributed by atoms with Crippen LogP contribution in [0.5, 0.6) is 0 Å². The van der Waals surface area contributed by atoms with Gasteiger partial charge >= 0.3 is 0 Å². The number of nitrogens with zero attached hydrogens (tertiary/aromatic N) is 2. The third-order valence-corrected chi connectivity index (χ3v) is 5.75. The van der Waals surface area contributed by atoms with E-state index in [1.807, 2.05) is 12.1 Å². The van der Waals surface area contributed by atoms with Crippen molar-refractivity contribution in [3.8, 4) is 0 Å². The summed E-state index contributed by atoms with van der Waals surface area (Å²) in [6.07, 6.45) is 5.10. The van der Waals surface area contributed by atoms with Crippen molar-refractivity contribution in [3.63, 3.8) is 0 Å². The van der Waals surface area contributed by atoms with Gasteiger partial charge in [0.25, 0.3) is 0 Å². The van der Waals surface area contributed by atoms with Crippen molar-refractivity contribution in [2.24, 2.45) is 5.73 Å². The highest BCUT2D eigenvalue weighted by Crippen LogP contribution is 2.36. The molecule has 2 fully saturated rings. The minimum atomic E-state index is 0.158. The second kappa shape index (κ2) is 6.25. The van der Waals surface area contributed by atoms with Gasteiger partial charge in [0, 0.05) is 36.2 Å². The molecule has 2 saturated heterocycles. The molecule has 0 radical (unpaired) electrons. The summed E-state index contributed by atoms with van der Waals surface area (Å²) in [5.74, 6) is 0. The molecule has 1 aromatic rings. The third-order valence-electron chi connectivity index (χ3n) is 5.50. The molecule has 21 heavy (non-hydrogen) atoms. The lowest BCUT2D eigenvalue weighted by molar-refractivity contribution is 0.0220. The lowest BCUT2D eigenvalue weighted by atomic mass is 9.81. The Hall–Kier alpha value is -0.610. The van der Waals surface area contributed by atoms with Gasteiger partial charge in [0.05, 0.1) is 0 Å². The molecule has 0 aromatic heterocycles. The first-order chi connectivity index (χ1) is 10.1. The first-order valence-corrected chi connectivity index (χ1v) is 8.40. The molecular formula is C17H26ClN3. The second-order valence-corrected chi connectivity index (χ2v) is 7.13. The van der Waals surface area contributed by atoms with Gasteiger partial charge in [-0.05, 0) is 57.0 Å². The molecule has 2 heterocycles. The SMILES string of the molecule is CN(Cc1ccc(Cl)cc1)C1(CN)CCN2CCCC2C1. The van der Waals surface area contributed by atoms with Gasteiger partial charge in [0.15, 0.2) is 0 Å². The number of likely N-dealkylation sites (N-methyl/N-ethyl adjacent to an activating group) is 1. The number of nitrogens with two attached hydrogens (primary N) is 1. The monoisotopic (exact) mass is 307 g/mol. The van der Waals surface area contributed by atoms with Crippen LogP contribution in [-0.2, 0) is 6.54 Å². The maximum atomic E-state index is 6.22. The summed E-state index contributed by atoms with van der Waals surface area (Å²) in [5, 5.41) is 0.800. The molecule has 0 amide bonds. The molecule has 2 N–H and O–H groups in total. The summed E-state index contributed by atoms with van der Waals surface area (Å²) in [6.45, 7) is 4.18. The van der Waals surface area contributed by atoms with Crippen molar-refractivity contribution < 1.29 is 0 Å². The van der Waals surface area contributed by atoms with Crippen LogP contribution in [0.2, 0.25) is 5.02 Å². The molecule has 2 aliphatic heterocycles. The zero-order valence-electron chi connectivity index (χ0n) is 12.9. The fraction of sp³-hybridized carbons (Fsp3) is 0.647. The van der Waals surface area contributed by atoms with Crippen LogP contribution in [0.25, 0.3) is 0 Å². The Kier molecular flexibility index (Phi) is 4.55. The van der Waals surface area contributed by atoms with E-state index in [9.17, 15) is 0 Å². The van der Waals surface area contributed by atoms with Crippen LogP contribution < -0.4 is 5.73 Å². The van der Waals surface area contributed by atoms with E-state index in [1.165, 1.54) is 44.3 Å². The molecule has 0 bridgehead atoms. The molecule has 3 rings (SSSR count). The van der Waals surface area contributed by atoms with Crippen molar-refractivity contribution in [2.45, 2.75) is 43.8 Å². The average Bonchev–Trinajstić information content (AvgIpc) is 2.96. The zero-order chi connectivity index (χ0) is 14.9. The van der Waals surface area contributed by atoms with E-state index in [2.05, 4.69) is 29.0 Å². The van der Waals surface area contributed by atoms with E-state index in [0.717, 1.165) is 24.2 Å². The van der Waals surface area contributed by atoms with E-state index in [0.29, 0.717) is 0 Å². The second-order valence-electron chi connectivity index (χ2n) is 6.70. The number of fused-ring (bicyclic) bond motifs is 1. The number of hydrogen-bond acceptors (Lipinski definition) is 3. The van der Waals surface area contributed by atoms with Crippen LogP contribution >= 0.6 is 11.6 Å². The number of benzene rings is 1. The quantitative estimate of drug-likeness (QED) is 0.928. The van der Waals surface area contributed by atoms with Crippen molar-refractivity contribution in [1.82, 2.24) is 9.80 Å². The molecular weight excluding hydrogens is 282 g/mol. The van der Waals surface area contributed by atoms with E-state index in [4.69, 9.17) is 17.3 Å². The lowest BCUT2D eigenvalue weighted by Gasteiger charge is -2.49.